The summed E-state index contributed by atoms with van der Waals surface area (Å²) in [6.45, 7) is 7.44. The number of pyridine rings is 1. The van der Waals surface area contributed by atoms with Gasteiger partial charge in [0.2, 0.25) is 0 Å². The molecule has 6 heteroatoms. The third-order valence-corrected chi connectivity index (χ3v) is 4.42. The Labute approximate surface area is 190 Å². The summed E-state index contributed by atoms with van der Waals surface area (Å²) >= 11 is 0. The van der Waals surface area contributed by atoms with Gasteiger partial charge >= 0.3 is 0 Å². The average Bonchev–Trinajstić information content (AvgIpc) is 2.69. The lowest BCUT2D eigenvalue weighted by Gasteiger charge is -2.17. The Morgan fingerprint density at radius 1 is 1.03 bits per heavy atom. The number of halogens is 1. The van der Waals surface area contributed by atoms with E-state index in [1.54, 1.807) is 7.05 Å². The minimum absolute atomic E-state index is 0. The highest BCUT2D eigenvalue weighted by Crippen LogP contribution is 2.21. The molecule has 0 unspecified atom stereocenters. The van der Waals surface area contributed by atoms with E-state index in [-0.39, 0.29) is 30.1 Å². The Morgan fingerprint density at radius 3 is 2.48 bits per heavy atom. The average molecular weight is 504 g/mol. The van der Waals surface area contributed by atoms with E-state index in [0.29, 0.717) is 13.1 Å². The summed E-state index contributed by atoms with van der Waals surface area (Å²) in [7, 11) is 1.78. The van der Waals surface area contributed by atoms with Crippen molar-refractivity contribution in [3.63, 3.8) is 0 Å². The predicted molar refractivity (Wildman–Crippen MR) is 131 cm³/mol. The number of aryl methyl sites for hydroxylation is 1. The van der Waals surface area contributed by atoms with Crippen LogP contribution in [0.1, 0.15) is 30.5 Å². The first-order chi connectivity index (χ1) is 13.6. The second-order valence-electron chi connectivity index (χ2n) is 7.05. The van der Waals surface area contributed by atoms with Crippen molar-refractivity contribution in [2.75, 3.05) is 7.05 Å². The molecule has 0 bridgehead atoms. The van der Waals surface area contributed by atoms with Crippen molar-refractivity contribution in [2.45, 2.75) is 40.0 Å². The molecule has 0 fully saturated rings. The number of benzene rings is 2. The molecular weight excluding hydrogens is 475 g/mol. The molecule has 0 aliphatic rings. The number of rotatable bonds is 6. The van der Waals surface area contributed by atoms with Crippen LogP contribution in [0.2, 0.25) is 0 Å². The van der Waals surface area contributed by atoms with Gasteiger partial charge < -0.3 is 15.4 Å². The number of hydrogen-bond donors (Lipinski definition) is 2. The first-order valence-corrected chi connectivity index (χ1v) is 9.60. The van der Waals surface area contributed by atoms with E-state index in [1.807, 2.05) is 26.1 Å². The van der Waals surface area contributed by atoms with Gasteiger partial charge in [0.05, 0.1) is 11.6 Å². The van der Waals surface area contributed by atoms with E-state index in [4.69, 9.17) is 4.74 Å². The van der Waals surface area contributed by atoms with Crippen molar-refractivity contribution in [1.82, 2.24) is 15.6 Å². The Morgan fingerprint density at radius 2 is 1.76 bits per heavy atom. The number of guanidine groups is 1. The summed E-state index contributed by atoms with van der Waals surface area (Å²) < 4.78 is 5.96. The Bertz CT molecular complexity index is 967. The van der Waals surface area contributed by atoms with Crippen molar-refractivity contribution >= 4 is 40.8 Å². The van der Waals surface area contributed by atoms with Crippen molar-refractivity contribution in [2.24, 2.45) is 4.99 Å². The molecule has 0 saturated carbocycles. The lowest BCUT2D eigenvalue weighted by Crippen LogP contribution is -2.36. The summed E-state index contributed by atoms with van der Waals surface area (Å²) in [5.41, 5.74) is 4.44. The maximum atomic E-state index is 5.96. The molecule has 0 radical (unpaired) electrons. The fourth-order valence-electron chi connectivity index (χ4n) is 3.06. The quantitative estimate of drug-likeness (QED) is 0.287. The second-order valence-corrected chi connectivity index (χ2v) is 7.05. The molecule has 0 spiro atoms. The second kappa shape index (κ2) is 11.0. The summed E-state index contributed by atoms with van der Waals surface area (Å²) in [5, 5.41) is 7.89. The lowest BCUT2D eigenvalue weighted by molar-refractivity contribution is 0.239. The monoisotopic (exact) mass is 504 g/mol. The van der Waals surface area contributed by atoms with Crippen LogP contribution in [-0.2, 0) is 13.1 Å². The zero-order chi connectivity index (χ0) is 19.9. The third kappa shape index (κ3) is 6.32. The van der Waals surface area contributed by atoms with E-state index < -0.39 is 0 Å². The van der Waals surface area contributed by atoms with Crippen LogP contribution < -0.4 is 15.4 Å². The molecular formula is C23H29IN4O. The van der Waals surface area contributed by atoms with Crippen LogP contribution in [0.15, 0.2) is 59.7 Å². The number of ether oxygens (including phenoxy) is 1. The van der Waals surface area contributed by atoms with E-state index in [9.17, 15) is 0 Å². The molecule has 0 amide bonds. The highest BCUT2D eigenvalue weighted by Gasteiger charge is 2.08. The van der Waals surface area contributed by atoms with Crippen LogP contribution in [0.5, 0.6) is 5.75 Å². The van der Waals surface area contributed by atoms with Gasteiger partial charge in [0.1, 0.15) is 5.75 Å². The number of nitrogens with one attached hydrogen (secondary N) is 2. The molecule has 5 nitrogen and oxygen atoms in total. The largest absolute Gasteiger partial charge is 0.491 e. The maximum Gasteiger partial charge on any atom is 0.191 e. The number of aliphatic imine (C=N–C) groups is 1. The SMILES string of the molecule is CN=C(NCc1ccc(C)cc1OC(C)C)NCc1cccc2cccnc12.I. The van der Waals surface area contributed by atoms with E-state index in [0.717, 1.165) is 33.7 Å². The summed E-state index contributed by atoms with van der Waals surface area (Å²) in [4.78, 5) is 8.85. The molecule has 29 heavy (non-hydrogen) atoms. The number of aromatic nitrogens is 1. The third-order valence-electron chi connectivity index (χ3n) is 4.42. The van der Waals surface area contributed by atoms with Crippen LogP contribution >= 0.6 is 24.0 Å². The van der Waals surface area contributed by atoms with Gasteiger partial charge in [-0.3, -0.25) is 9.98 Å². The predicted octanol–water partition coefficient (Wildman–Crippen LogP) is 4.81. The topological polar surface area (TPSA) is 58.5 Å². The standard InChI is InChI=1S/C23H28N4O.HI/c1-16(2)28-21-13-17(3)10-11-19(21)14-26-23(24-4)27-15-20-8-5-7-18-9-6-12-25-22(18)20;/h5-13,16H,14-15H2,1-4H3,(H2,24,26,27);1H. The van der Waals surface area contributed by atoms with Gasteiger partial charge in [-0.15, -0.1) is 24.0 Å². The summed E-state index contributed by atoms with van der Waals surface area (Å²) in [5.74, 6) is 1.65. The first kappa shape index (κ1) is 22.9. The number of para-hydroxylation sites is 1. The highest BCUT2D eigenvalue weighted by molar-refractivity contribution is 14.0. The van der Waals surface area contributed by atoms with E-state index in [1.165, 1.54) is 5.56 Å². The van der Waals surface area contributed by atoms with Gasteiger partial charge in [-0.25, -0.2) is 0 Å². The lowest BCUT2D eigenvalue weighted by atomic mass is 10.1. The zero-order valence-electron chi connectivity index (χ0n) is 17.4. The smallest absolute Gasteiger partial charge is 0.191 e. The molecule has 0 aliphatic carbocycles. The van der Waals surface area contributed by atoms with Gasteiger partial charge in [0, 0.05) is 37.3 Å². The molecule has 2 N–H and O–H groups in total. The minimum atomic E-state index is 0. The van der Waals surface area contributed by atoms with Crippen molar-refractivity contribution in [1.29, 1.82) is 0 Å². The zero-order valence-corrected chi connectivity index (χ0v) is 19.7. The Kier molecular flexibility index (Phi) is 8.70. The number of nitrogens with zero attached hydrogens (tertiary/aromatic N) is 2. The summed E-state index contributed by atoms with van der Waals surface area (Å²) in [6, 6.07) is 16.5. The molecule has 3 rings (SSSR count). The molecule has 0 atom stereocenters. The van der Waals surface area contributed by atoms with E-state index >= 15 is 0 Å². The van der Waals surface area contributed by atoms with Crippen LogP contribution in [0, 0.1) is 6.92 Å². The molecule has 154 valence electrons. The van der Waals surface area contributed by atoms with Crippen molar-refractivity contribution < 1.29 is 4.74 Å². The summed E-state index contributed by atoms with van der Waals surface area (Å²) in [6.07, 6.45) is 1.96. The molecule has 2 aromatic carbocycles. The minimum Gasteiger partial charge on any atom is -0.491 e. The Hall–Kier alpha value is -2.35. The number of hydrogen-bond acceptors (Lipinski definition) is 3. The Balaban J connectivity index is 0.00000300. The van der Waals surface area contributed by atoms with Crippen LogP contribution in [0.4, 0.5) is 0 Å². The van der Waals surface area contributed by atoms with E-state index in [2.05, 4.69) is 70.0 Å². The fraction of sp³-hybridized carbons (Fsp3) is 0.304. The molecule has 3 aromatic rings. The van der Waals surface area contributed by atoms with Crippen molar-refractivity contribution in [3.8, 4) is 5.75 Å². The van der Waals surface area contributed by atoms with Crippen LogP contribution in [-0.4, -0.2) is 24.1 Å². The fourth-order valence-corrected chi connectivity index (χ4v) is 3.06. The van der Waals surface area contributed by atoms with Crippen molar-refractivity contribution in [3.05, 3.63) is 71.4 Å². The molecule has 1 aromatic heterocycles. The van der Waals surface area contributed by atoms with Gasteiger partial charge in [-0.05, 0) is 44.0 Å². The van der Waals surface area contributed by atoms with Gasteiger partial charge in [-0.2, -0.15) is 0 Å². The highest BCUT2D eigenvalue weighted by atomic mass is 127. The van der Waals surface area contributed by atoms with Gasteiger partial charge in [0.15, 0.2) is 5.96 Å². The van der Waals surface area contributed by atoms with Crippen LogP contribution in [0.25, 0.3) is 10.9 Å². The normalized spacial score (nSPS) is 11.3. The van der Waals surface area contributed by atoms with Crippen LogP contribution in [0.3, 0.4) is 0 Å². The number of fused-ring (bicyclic) bond motifs is 1. The van der Waals surface area contributed by atoms with Gasteiger partial charge in [0.25, 0.3) is 0 Å². The van der Waals surface area contributed by atoms with Gasteiger partial charge in [-0.1, -0.05) is 36.4 Å². The molecule has 1 heterocycles. The maximum absolute atomic E-state index is 5.96. The first-order valence-electron chi connectivity index (χ1n) is 9.60. The molecule has 0 saturated heterocycles. The molecule has 0 aliphatic heterocycles.